The molecule has 0 aromatic carbocycles. The standard InChI is InChI=1S/C14H26N2O.ClH/c15-11-13-6-8-16(9-7-13)14(17)10-12-4-2-1-3-5-12;/h12-13H,1-11,15H2;1H. The van der Waals surface area contributed by atoms with Crippen molar-refractivity contribution < 1.29 is 4.79 Å². The first-order chi connectivity index (χ1) is 8.29. The molecule has 106 valence electrons. The number of nitrogens with two attached hydrogens (primary N) is 1. The maximum Gasteiger partial charge on any atom is 0.222 e. The third kappa shape index (κ3) is 4.43. The van der Waals surface area contributed by atoms with E-state index in [4.69, 9.17) is 5.73 Å². The second-order valence-corrected chi connectivity index (χ2v) is 5.77. The van der Waals surface area contributed by atoms with E-state index < -0.39 is 0 Å². The average Bonchev–Trinajstić information content (AvgIpc) is 2.40. The molecule has 0 spiro atoms. The fourth-order valence-electron chi connectivity index (χ4n) is 3.19. The van der Waals surface area contributed by atoms with Gasteiger partial charge in [0.25, 0.3) is 0 Å². The molecule has 0 atom stereocenters. The molecule has 0 radical (unpaired) electrons. The number of halogens is 1. The number of rotatable bonds is 3. The summed E-state index contributed by atoms with van der Waals surface area (Å²) in [5.74, 6) is 1.71. The van der Waals surface area contributed by atoms with Gasteiger partial charge in [-0.25, -0.2) is 0 Å². The van der Waals surface area contributed by atoms with Crippen LogP contribution in [0.25, 0.3) is 0 Å². The van der Waals surface area contributed by atoms with Gasteiger partial charge in [0, 0.05) is 19.5 Å². The van der Waals surface area contributed by atoms with Crippen molar-refractivity contribution in [3.63, 3.8) is 0 Å². The number of carbonyl (C=O) groups is 1. The van der Waals surface area contributed by atoms with Gasteiger partial charge < -0.3 is 10.6 Å². The molecule has 1 aliphatic heterocycles. The van der Waals surface area contributed by atoms with E-state index in [1.807, 2.05) is 0 Å². The van der Waals surface area contributed by atoms with Crippen molar-refractivity contribution >= 4 is 18.3 Å². The molecule has 18 heavy (non-hydrogen) atoms. The molecule has 1 amide bonds. The van der Waals surface area contributed by atoms with E-state index in [1.165, 1.54) is 32.1 Å². The molecule has 1 heterocycles. The lowest BCUT2D eigenvalue weighted by molar-refractivity contribution is -0.133. The van der Waals surface area contributed by atoms with E-state index in [0.717, 1.165) is 38.9 Å². The second kappa shape index (κ2) is 8.00. The number of hydrogen-bond acceptors (Lipinski definition) is 2. The summed E-state index contributed by atoms with van der Waals surface area (Å²) < 4.78 is 0. The Morgan fingerprint density at radius 1 is 1.00 bits per heavy atom. The van der Waals surface area contributed by atoms with Crippen LogP contribution in [0.2, 0.25) is 0 Å². The number of nitrogens with zero attached hydrogens (tertiary/aromatic N) is 1. The zero-order valence-corrected chi connectivity index (χ0v) is 12.1. The molecule has 0 aromatic heterocycles. The first-order valence-corrected chi connectivity index (χ1v) is 7.27. The van der Waals surface area contributed by atoms with Crippen molar-refractivity contribution in [1.29, 1.82) is 0 Å². The molecule has 2 rings (SSSR count). The first kappa shape index (κ1) is 15.8. The summed E-state index contributed by atoms with van der Waals surface area (Å²) in [6.45, 7) is 2.66. The molecule has 2 fully saturated rings. The van der Waals surface area contributed by atoms with Crippen LogP contribution in [0, 0.1) is 11.8 Å². The van der Waals surface area contributed by atoms with Crippen molar-refractivity contribution in [3.8, 4) is 0 Å². The van der Waals surface area contributed by atoms with Crippen molar-refractivity contribution in [2.45, 2.75) is 51.4 Å². The Balaban J connectivity index is 0.00000162. The summed E-state index contributed by atoms with van der Waals surface area (Å²) >= 11 is 0. The summed E-state index contributed by atoms with van der Waals surface area (Å²) in [4.78, 5) is 14.2. The van der Waals surface area contributed by atoms with Gasteiger partial charge in [0.15, 0.2) is 0 Å². The summed E-state index contributed by atoms with van der Waals surface area (Å²) in [6, 6.07) is 0. The van der Waals surface area contributed by atoms with Crippen LogP contribution in [-0.2, 0) is 4.79 Å². The van der Waals surface area contributed by atoms with Crippen LogP contribution in [0.1, 0.15) is 51.4 Å². The number of carbonyl (C=O) groups excluding carboxylic acids is 1. The highest BCUT2D eigenvalue weighted by atomic mass is 35.5. The summed E-state index contributed by atoms with van der Waals surface area (Å²) in [5.41, 5.74) is 5.67. The van der Waals surface area contributed by atoms with Gasteiger partial charge in [0.05, 0.1) is 0 Å². The van der Waals surface area contributed by atoms with Crippen LogP contribution >= 0.6 is 12.4 Å². The van der Waals surface area contributed by atoms with E-state index in [2.05, 4.69) is 4.90 Å². The monoisotopic (exact) mass is 274 g/mol. The molecular formula is C14H27ClN2O. The van der Waals surface area contributed by atoms with Crippen LogP contribution in [0.3, 0.4) is 0 Å². The minimum atomic E-state index is 0. The predicted molar refractivity (Wildman–Crippen MR) is 76.8 cm³/mol. The van der Waals surface area contributed by atoms with Gasteiger partial charge in [-0.05, 0) is 44.1 Å². The highest BCUT2D eigenvalue weighted by Crippen LogP contribution is 2.27. The molecule has 0 bridgehead atoms. The minimum absolute atomic E-state index is 0. The van der Waals surface area contributed by atoms with Gasteiger partial charge in [-0.1, -0.05) is 19.3 Å². The fourth-order valence-corrected chi connectivity index (χ4v) is 3.19. The molecular weight excluding hydrogens is 248 g/mol. The molecule has 4 heteroatoms. The van der Waals surface area contributed by atoms with Crippen molar-refractivity contribution in [2.75, 3.05) is 19.6 Å². The van der Waals surface area contributed by atoms with E-state index in [1.54, 1.807) is 0 Å². The number of amides is 1. The highest BCUT2D eigenvalue weighted by molar-refractivity contribution is 5.85. The number of likely N-dealkylation sites (tertiary alicyclic amines) is 1. The average molecular weight is 275 g/mol. The van der Waals surface area contributed by atoms with Crippen LogP contribution in [0.15, 0.2) is 0 Å². The maximum atomic E-state index is 12.2. The van der Waals surface area contributed by atoms with E-state index in [0.29, 0.717) is 17.7 Å². The van der Waals surface area contributed by atoms with Gasteiger partial charge in [-0.2, -0.15) is 0 Å². The Labute approximate surface area is 117 Å². The summed E-state index contributed by atoms with van der Waals surface area (Å²) in [7, 11) is 0. The van der Waals surface area contributed by atoms with E-state index in [9.17, 15) is 4.79 Å². The minimum Gasteiger partial charge on any atom is -0.343 e. The predicted octanol–water partition coefficient (Wildman–Crippen LogP) is 2.58. The van der Waals surface area contributed by atoms with E-state index >= 15 is 0 Å². The normalized spacial score (nSPS) is 22.6. The van der Waals surface area contributed by atoms with Crippen molar-refractivity contribution in [2.24, 2.45) is 17.6 Å². The molecule has 1 saturated carbocycles. The van der Waals surface area contributed by atoms with Gasteiger partial charge in [-0.15, -0.1) is 12.4 Å². The lowest BCUT2D eigenvalue weighted by Gasteiger charge is -2.33. The molecule has 0 aromatic rings. The molecule has 0 unspecified atom stereocenters. The summed E-state index contributed by atoms with van der Waals surface area (Å²) in [5, 5.41) is 0. The smallest absolute Gasteiger partial charge is 0.222 e. The van der Waals surface area contributed by atoms with E-state index in [-0.39, 0.29) is 12.4 Å². The van der Waals surface area contributed by atoms with Gasteiger partial charge in [0.1, 0.15) is 0 Å². The molecule has 1 saturated heterocycles. The van der Waals surface area contributed by atoms with Gasteiger partial charge >= 0.3 is 0 Å². The lowest BCUT2D eigenvalue weighted by atomic mass is 9.86. The second-order valence-electron chi connectivity index (χ2n) is 5.77. The number of piperidine rings is 1. The topological polar surface area (TPSA) is 46.3 Å². The zero-order valence-electron chi connectivity index (χ0n) is 11.3. The first-order valence-electron chi connectivity index (χ1n) is 7.27. The van der Waals surface area contributed by atoms with Gasteiger partial charge in [0.2, 0.25) is 5.91 Å². The summed E-state index contributed by atoms with van der Waals surface area (Å²) in [6.07, 6.45) is 9.57. The van der Waals surface area contributed by atoms with Gasteiger partial charge in [-0.3, -0.25) is 4.79 Å². The zero-order chi connectivity index (χ0) is 12.1. The quantitative estimate of drug-likeness (QED) is 0.860. The Hall–Kier alpha value is -0.280. The Morgan fingerprint density at radius 3 is 2.17 bits per heavy atom. The van der Waals surface area contributed by atoms with Crippen molar-refractivity contribution in [1.82, 2.24) is 4.90 Å². The maximum absolute atomic E-state index is 12.2. The Bertz CT molecular complexity index is 246. The third-order valence-electron chi connectivity index (χ3n) is 4.49. The Kier molecular flexibility index (Phi) is 7.02. The van der Waals surface area contributed by atoms with Crippen LogP contribution in [0.4, 0.5) is 0 Å². The van der Waals surface area contributed by atoms with Crippen LogP contribution < -0.4 is 5.73 Å². The largest absolute Gasteiger partial charge is 0.343 e. The lowest BCUT2D eigenvalue weighted by Crippen LogP contribution is -2.40. The van der Waals surface area contributed by atoms with Crippen molar-refractivity contribution in [3.05, 3.63) is 0 Å². The number of hydrogen-bond donors (Lipinski definition) is 1. The molecule has 1 aliphatic carbocycles. The molecule has 2 aliphatic rings. The van der Waals surface area contributed by atoms with Crippen LogP contribution in [0.5, 0.6) is 0 Å². The molecule has 3 nitrogen and oxygen atoms in total. The molecule has 2 N–H and O–H groups in total. The van der Waals surface area contributed by atoms with Crippen LogP contribution in [-0.4, -0.2) is 30.4 Å². The fraction of sp³-hybridized carbons (Fsp3) is 0.929. The highest BCUT2D eigenvalue weighted by Gasteiger charge is 2.24. The third-order valence-corrected chi connectivity index (χ3v) is 4.49. The SMILES string of the molecule is Cl.NCC1CCN(C(=O)CC2CCCCC2)CC1. The Morgan fingerprint density at radius 2 is 1.61 bits per heavy atom.